The second kappa shape index (κ2) is 10.0. The largest absolute Gasteiger partial charge is 0.399 e. The Balaban J connectivity index is 0.00000156. The Kier molecular flexibility index (Phi) is 8.73. The molecule has 0 aliphatic carbocycles. The van der Waals surface area contributed by atoms with Crippen LogP contribution in [0.3, 0.4) is 0 Å². The standard InChI is InChI=1S/C18H23N3OS.2ClH/c1-13-6-7-14(19)11-15(13)18(22)20-12-16(17-5-4-10-23-17)21-8-2-3-9-21;;/h4-7,10-11,16H,2-3,8-9,12,19H2,1H3,(H,20,22);2*1H. The van der Waals surface area contributed by atoms with E-state index in [1.54, 1.807) is 17.4 Å². The molecule has 138 valence electrons. The van der Waals surface area contributed by atoms with Crippen LogP contribution in [0.2, 0.25) is 0 Å². The zero-order chi connectivity index (χ0) is 16.2. The van der Waals surface area contributed by atoms with Crippen LogP contribution in [0, 0.1) is 6.92 Å². The van der Waals surface area contributed by atoms with Gasteiger partial charge in [-0.1, -0.05) is 12.1 Å². The molecule has 4 nitrogen and oxygen atoms in total. The molecule has 3 N–H and O–H groups in total. The molecule has 2 heterocycles. The summed E-state index contributed by atoms with van der Waals surface area (Å²) in [6.45, 7) is 4.78. The Morgan fingerprint density at radius 1 is 1.28 bits per heavy atom. The first kappa shape index (κ1) is 21.8. The Morgan fingerprint density at radius 2 is 2.00 bits per heavy atom. The van der Waals surface area contributed by atoms with Gasteiger partial charge in [-0.15, -0.1) is 36.2 Å². The highest BCUT2D eigenvalue weighted by atomic mass is 35.5. The fraction of sp³-hybridized carbons (Fsp3) is 0.389. The van der Waals surface area contributed by atoms with Crippen molar-refractivity contribution in [1.82, 2.24) is 10.2 Å². The van der Waals surface area contributed by atoms with Gasteiger partial charge in [0.25, 0.3) is 5.91 Å². The highest BCUT2D eigenvalue weighted by molar-refractivity contribution is 7.10. The predicted molar refractivity (Wildman–Crippen MR) is 110 cm³/mol. The zero-order valence-electron chi connectivity index (χ0n) is 14.2. The molecule has 1 unspecified atom stereocenters. The van der Waals surface area contributed by atoms with Crippen LogP contribution in [0.4, 0.5) is 5.69 Å². The van der Waals surface area contributed by atoms with E-state index >= 15 is 0 Å². The Morgan fingerprint density at radius 3 is 2.64 bits per heavy atom. The summed E-state index contributed by atoms with van der Waals surface area (Å²) in [5, 5.41) is 5.20. The second-order valence-electron chi connectivity index (χ2n) is 6.06. The highest BCUT2D eigenvalue weighted by Gasteiger charge is 2.25. The molecule has 1 amide bonds. The summed E-state index contributed by atoms with van der Waals surface area (Å²) in [4.78, 5) is 16.3. The number of carbonyl (C=O) groups is 1. The number of aryl methyl sites for hydroxylation is 1. The number of halogens is 2. The number of anilines is 1. The first-order valence-corrected chi connectivity index (χ1v) is 8.95. The van der Waals surface area contributed by atoms with E-state index in [-0.39, 0.29) is 36.8 Å². The normalized spacial score (nSPS) is 15.1. The third-order valence-electron chi connectivity index (χ3n) is 4.42. The van der Waals surface area contributed by atoms with E-state index in [1.807, 2.05) is 19.1 Å². The van der Waals surface area contributed by atoms with Gasteiger partial charge in [-0.2, -0.15) is 0 Å². The molecule has 1 aromatic carbocycles. The van der Waals surface area contributed by atoms with Crippen molar-refractivity contribution in [1.29, 1.82) is 0 Å². The van der Waals surface area contributed by atoms with E-state index in [1.165, 1.54) is 17.7 Å². The van der Waals surface area contributed by atoms with Gasteiger partial charge in [0.1, 0.15) is 0 Å². The van der Waals surface area contributed by atoms with E-state index < -0.39 is 0 Å². The SMILES string of the molecule is Cc1ccc(N)cc1C(=O)NCC(c1cccs1)N1CCCC1.Cl.Cl. The lowest BCUT2D eigenvalue weighted by molar-refractivity contribution is 0.0938. The van der Waals surface area contributed by atoms with Crippen LogP contribution in [-0.2, 0) is 0 Å². The van der Waals surface area contributed by atoms with Gasteiger partial charge in [-0.3, -0.25) is 9.69 Å². The van der Waals surface area contributed by atoms with Crippen molar-refractivity contribution in [2.24, 2.45) is 0 Å². The number of thiophene rings is 1. The van der Waals surface area contributed by atoms with Gasteiger partial charge < -0.3 is 11.1 Å². The van der Waals surface area contributed by atoms with Gasteiger partial charge in [0.2, 0.25) is 0 Å². The van der Waals surface area contributed by atoms with E-state index in [0.29, 0.717) is 17.8 Å². The number of rotatable bonds is 5. The molecule has 0 saturated carbocycles. The molecular formula is C18H25Cl2N3OS. The summed E-state index contributed by atoms with van der Waals surface area (Å²) in [6, 6.07) is 9.97. The van der Waals surface area contributed by atoms with Gasteiger partial charge in [0.05, 0.1) is 6.04 Å². The number of hydrogen-bond acceptors (Lipinski definition) is 4. The van der Waals surface area contributed by atoms with Gasteiger partial charge in [0, 0.05) is 22.7 Å². The second-order valence-corrected chi connectivity index (χ2v) is 7.04. The van der Waals surface area contributed by atoms with Crippen molar-refractivity contribution in [3.63, 3.8) is 0 Å². The molecule has 1 atom stereocenters. The number of nitrogen functional groups attached to an aromatic ring is 1. The molecule has 1 aromatic heterocycles. The predicted octanol–water partition coefficient (Wildman–Crippen LogP) is 4.05. The van der Waals surface area contributed by atoms with Crippen molar-refractivity contribution in [3.05, 3.63) is 51.7 Å². The maximum Gasteiger partial charge on any atom is 0.251 e. The molecule has 0 radical (unpaired) electrons. The minimum absolute atomic E-state index is 0. The highest BCUT2D eigenvalue weighted by Crippen LogP contribution is 2.28. The maximum atomic E-state index is 12.5. The summed E-state index contributed by atoms with van der Waals surface area (Å²) in [7, 11) is 0. The van der Waals surface area contributed by atoms with Gasteiger partial charge in [-0.25, -0.2) is 0 Å². The number of carbonyl (C=O) groups excluding carboxylic acids is 1. The number of nitrogens with zero attached hydrogens (tertiary/aromatic N) is 1. The van der Waals surface area contributed by atoms with Crippen molar-refractivity contribution in [3.8, 4) is 0 Å². The number of benzene rings is 1. The molecule has 0 spiro atoms. The summed E-state index contributed by atoms with van der Waals surface area (Å²) in [6.07, 6.45) is 2.48. The Hall–Kier alpha value is -1.27. The van der Waals surface area contributed by atoms with Crippen LogP contribution in [0.5, 0.6) is 0 Å². The van der Waals surface area contributed by atoms with E-state index in [4.69, 9.17) is 5.73 Å². The van der Waals surface area contributed by atoms with Crippen LogP contribution in [0.25, 0.3) is 0 Å². The van der Waals surface area contributed by atoms with E-state index in [2.05, 4.69) is 27.7 Å². The fourth-order valence-corrected chi connectivity index (χ4v) is 3.97. The molecular weight excluding hydrogens is 377 g/mol. The molecule has 1 saturated heterocycles. The molecule has 25 heavy (non-hydrogen) atoms. The smallest absolute Gasteiger partial charge is 0.251 e. The average molecular weight is 402 g/mol. The van der Waals surface area contributed by atoms with Crippen LogP contribution in [0.1, 0.15) is 39.7 Å². The molecule has 0 bridgehead atoms. The quantitative estimate of drug-likeness (QED) is 0.742. The van der Waals surface area contributed by atoms with Crippen molar-refractivity contribution >= 4 is 47.7 Å². The first-order chi connectivity index (χ1) is 11.1. The monoisotopic (exact) mass is 401 g/mol. The molecule has 7 heteroatoms. The summed E-state index contributed by atoms with van der Waals surface area (Å²) >= 11 is 1.76. The van der Waals surface area contributed by atoms with Crippen LogP contribution >= 0.6 is 36.2 Å². The molecule has 2 aromatic rings. The molecule has 1 fully saturated rings. The van der Waals surface area contributed by atoms with Crippen molar-refractivity contribution in [2.45, 2.75) is 25.8 Å². The molecule has 1 aliphatic heterocycles. The summed E-state index contributed by atoms with van der Waals surface area (Å²) in [5.74, 6) is -0.0458. The van der Waals surface area contributed by atoms with Crippen LogP contribution in [0.15, 0.2) is 35.7 Å². The van der Waals surface area contributed by atoms with E-state index in [0.717, 1.165) is 18.7 Å². The third kappa shape index (κ3) is 5.35. The summed E-state index contributed by atoms with van der Waals surface area (Å²) in [5.41, 5.74) is 8.04. The first-order valence-electron chi connectivity index (χ1n) is 8.07. The topological polar surface area (TPSA) is 58.4 Å². The van der Waals surface area contributed by atoms with Crippen molar-refractivity contribution < 1.29 is 4.79 Å². The van der Waals surface area contributed by atoms with Gasteiger partial charge in [0.15, 0.2) is 0 Å². The Labute approximate surface area is 165 Å². The maximum absolute atomic E-state index is 12.5. The average Bonchev–Trinajstić information content (AvgIpc) is 3.23. The molecule has 1 aliphatic rings. The Bertz CT molecular complexity index is 673. The number of likely N-dealkylation sites (tertiary alicyclic amines) is 1. The summed E-state index contributed by atoms with van der Waals surface area (Å²) < 4.78 is 0. The minimum atomic E-state index is -0.0458. The number of nitrogens with one attached hydrogen (secondary N) is 1. The lowest BCUT2D eigenvalue weighted by atomic mass is 10.1. The number of hydrogen-bond donors (Lipinski definition) is 2. The third-order valence-corrected chi connectivity index (χ3v) is 5.39. The molecule has 3 rings (SSSR count). The van der Waals surface area contributed by atoms with Crippen LogP contribution in [-0.4, -0.2) is 30.4 Å². The minimum Gasteiger partial charge on any atom is -0.399 e. The van der Waals surface area contributed by atoms with Gasteiger partial charge in [-0.05, 0) is 62.0 Å². The zero-order valence-corrected chi connectivity index (χ0v) is 16.7. The number of nitrogens with two attached hydrogens (primary N) is 1. The lowest BCUT2D eigenvalue weighted by Gasteiger charge is -2.27. The van der Waals surface area contributed by atoms with Gasteiger partial charge >= 0.3 is 0 Å². The fourth-order valence-electron chi connectivity index (χ4n) is 3.11. The number of amides is 1. The van der Waals surface area contributed by atoms with Crippen LogP contribution < -0.4 is 11.1 Å². The van der Waals surface area contributed by atoms with E-state index in [9.17, 15) is 4.79 Å². The lowest BCUT2D eigenvalue weighted by Crippen LogP contribution is -2.36. The van der Waals surface area contributed by atoms with Crippen molar-refractivity contribution in [2.75, 3.05) is 25.4 Å².